The van der Waals surface area contributed by atoms with Gasteiger partial charge in [0.05, 0.1) is 6.61 Å². The van der Waals surface area contributed by atoms with Gasteiger partial charge in [0.15, 0.2) is 0 Å². The van der Waals surface area contributed by atoms with Gasteiger partial charge < -0.3 is 15.1 Å². The molecule has 88 valence electrons. The molecule has 0 saturated carbocycles. The molecule has 0 unspecified atom stereocenters. The number of nitrogens with zero attached hydrogens (tertiary/aromatic N) is 1. The van der Waals surface area contributed by atoms with E-state index in [1.807, 2.05) is 48.3 Å². The number of hydrogen-bond acceptors (Lipinski definition) is 3. The number of hydrogen-bond donors (Lipinski definition) is 2. The zero-order chi connectivity index (χ0) is 12.3. The maximum atomic E-state index is 9.29. The van der Waals surface area contributed by atoms with Crippen LogP contribution in [-0.2, 0) is 6.61 Å². The van der Waals surface area contributed by atoms with E-state index in [9.17, 15) is 10.2 Å². The summed E-state index contributed by atoms with van der Waals surface area (Å²) < 4.78 is 0. The van der Waals surface area contributed by atoms with E-state index in [4.69, 9.17) is 0 Å². The zero-order valence-electron chi connectivity index (χ0n) is 9.67. The molecule has 0 aliphatic rings. The van der Waals surface area contributed by atoms with Crippen molar-refractivity contribution >= 4 is 11.4 Å². The van der Waals surface area contributed by atoms with Gasteiger partial charge in [0, 0.05) is 24.0 Å². The van der Waals surface area contributed by atoms with E-state index in [1.165, 1.54) is 0 Å². The number of aliphatic hydroxyl groups is 1. The van der Waals surface area contributed by atoms with Crippen LogP contribution >= 0.6 is 0 Å². The molecule has 0 spiro atoms. The molecule has 3 nitrogen and oxygen atoms in total. The summed E-state index contributed by atoms with van der Waals surface area (Å²) in [5.41, 5.74) is 2.80. The Morgan fingerprint density at radius 1 is 1.00 bits per heavy atom. The van der Waals surface area contributed by atoms with E-state index in [-0.39, 0.29) is 12.4 Å². The minimum absolute atomic E-state index is 0.0125. The van der Waals surface area contributed by atoms with Gasteiger partial charge in [0.25, 0.3) is 0 Å². The van der Waals surface area contributed by atoms with E-state index < -0.39 is 0 Å². The third kappa shape index (κ3) is 2.40. The summed E-state index contributed by atoms with van der Waals surface area (Å²) in [5, 5.41) is 18.5. The van der Waals surface area contributed by atoms with Crippen molar-refractivity contribution in [2.45, 2.75) is 6.61 Å². The Kier molecular flexibility index (Phi) is 3.30. The van der Waals surface area contributed by atoms with Gasteiger partial charge in [-0.25, -0.2) is 0 Å². The predicted octanol–water partition coefficient (Wildman–Crippen LogP) is 2.65. The minimum Gasteiger partial charge on any atom is -0.508 e. The first-order valence-corrected chi connectivity index (χ1v) is 5.44. The first-order chi connectivity index (χ1) is 8.22. The molecule has 0 aliphatic carbocycles. The summed E-state index contributed by atoms with van der Waals surface area (Å²) in [4.78, 5) is 1.98. The van der Waals surface area contributed by atoms with Crippen molar-refractivity contribution in [1.82, 2.24) is 0 Å². The van der Waals surface area contributed by atoms with Crippen molar-refractivity contribution in [3.05, 3.63) is 54.1 Å². The van der Waals surface area contributed by atoms with Gasteiger partial charge in [0.1, 0.15) is 5.75 Å². The largest absolute Gasteiger partial charge is 0.508 e. The van der Waals surface area contributed by atoms with Crippen molar-refractivity contribution in [2.75, 3.05) is 11.9 Å². The second-order valence-electron chi connectivity index (χ2n) is 3.86. The fraction of sp³-hybridized carbons (Fsp3) is 0.143. The summed E-state index contributed by atoms with van der Waals surface area (Å²) >= 11 is 0. The molecule has 0 atom stereocenters. The number of phenolic OH excluding ortho intramolecular Hbond substituents is 1. The number of anilines is 2. The van der Waals surface area contributed by atoms with E-state index in [2.05, 4.69) is 0 Å². The van der Waals surface area contributed by atoms with Crippen LogP contribution < -0.4 is 4.90 Å². The summed E-state index contributed by atoms with van der Waals surface area (Å²) in [5.74, 6) is 0.248. The summed E-state index contributed by atoms with van der Waals surface area (Å²) in [7, 11) is 1.93. The van der Waals surface area contributed by atoms with Gasteiger partial charge in [-0.1, -0.05) is 18.2 Å². The van der Waals surface area contributed by atoms with E-state index in [0.717, 1.165) is 16.9 Å². The highest BCUT2D eigenvalue weighted by Crippen LogP contribution is 2.27. The Bertz CT molecular complexity index is 494. The third-order valence-corrected chi connectivity index (χ3v) is 2.76. The van der Waals surface area contributed by atoms with Crippen molar-refractivity contribution in [3.63, 3.8) is 0 Å². The van der Waals surface area contributed by atoms with E-state index in [1.54, 1.807) is 12.1 Å². The summed E-state index contributed by atoms with van der Waals surface area (Å²) in [6.45, 7) is 0.0125. The normalized spacial score (nSPS) is 10.2. The van der Waals surface area contributed by atoms with E-state index in [0.29, 0.717) is 0 Å². The van der Waals surface area contributed by atoms with Crippen LogP contribution in [0.15, 0.2) is 48.5 Å². The lowest BCUT2D eigenvalue weighted by Gasteiger charge is -2.22. The number of aromatic hydroxyl groups is 1. The lowest BCUT2D eigenvalue weighted by molar-refractivity contribution is 0.282. The average molecular weight is 229 g/mol. The average Bonchev–Trinajstić information content (AvgIpc) is 2.39. The Hall–Kier alpha value is -2.00. The van der Waals surface area contributed by atoms with Crippen LogP contribution in [0.1, 0.15) is 5.56 Å². The second-order valence-corrected chi connectivity index (χ2v) is 3.86. The molecule has 0 heterocycles. The summed E-state index contributed by atoms with van der Waals surface area (Å²) in [6.07, 6.45) is 0. The van der Waals surface area contributed by atoms with Gasteiger partial charge in [0.2, 0.25) is 0 Å². The maximum absolute atomic E-state index is 9.29. The highest BCUT2D eigenvalue weighted by Gasteiger charge is 2.07. The van der Waals surface area contributed by atoms with Gasteiger partial charge in [-0.2, -0.15) is 0 Å². The fourth-order valence-corrected chi connectivity index (χ4v) is 1.79. The highest BCUT2D eigenvalue weighted by atomic mass is 16.3. The number of phenols is 1. The lowest BCUT2D eigenvalue weighted by Crippen LogP contribution is -2.11. The molecule has 0 radical (unpaired) electrons. The van der Waals surface area contributed by atoms with Crippen molar-refractivity contribution in [2.24, 2.45) is 0 Å². The molecule has 0 fully saturated rings. The Morgan fingerprint density at radius 2 is 1.65 bits per heavy atom. The van der Waals surface area contributed by atoms with Crippen molar-refractivity contribution < 1.29 is 10.2 Å². The highest BCUT2D eigenvalue weighted by molar-refractivity contribution is 5.66. The topological polar surface area (TPSA) is 43.7 Å². The van der Waals surface area contributed by atoms with Crippen LogP contribution in [-0.4, -0.2) is 17.3 Å². The standard InChI is InChI=1S/C14H15NO2/c1-15(12-6-8-13(17)9-7-12)14-5-3-2-4-11(14)10-16/h2-9,16-17H,10H2,1H3. The lowest BCUT2D eigenvalue weighted by atomic mass is 10.1. The molecule has 0 amide bonds. The SMILES string of the molecule is CN(c1ccc(O)cc1)c1ccccc1CO. The quantitative estimate of drug-likeness (QED) is 0.850. The molecule has 3 heteroatoms. The molecule has 2 rings (SSSR count). The zero-order valence-corrected chi connectivity index (χ0v) is 9.67. The van der Waals surface area contributed by atoms with Crippen LogP contribution in [0.4, 0.5) is 11.4 Å². The van der Waals surface area contributed by atoms with Gasteiger partial charge in [-0.15, -0.1) is 0 Å². The van der Waals surface area contributed by atoms with Gasteiger partial charge in [-0.05, 0) is 30.3 Å². The molecule has 0 aliphatic heterocycles. The molecule has 0 bridgehead atoms. The smallest absolute Gasteiger partial charge is 0.115 e. The van der Waals surface area contributed by atoms with E-state index >= 15 is 0 Å². The Morgan fingerprint density at radius 3 is 2.29 bits per heavy atom. The predicted molar refractivity (Wildman–Crippen MR) is 68.5 cm³/mol. The molecule has 17 heavy (non-hydrogen) atoms. The van der Waals surface area contributed by atoms with Crippen LogP contribution in [0.25, 0.3) is 0 Å². The van der Waals surface area contributed by atoms with Crippen LogP contribution in [0.5, 0.6) is 5.75 Å². The molecule has 2 aromatic carbocycles. The maximum Gasteiger partial charge on any atom is 0.115 e. The first-order valence-electron chi connectivity index (χ1n) is 5.44. The monoisotopic (exact) mass is 229 g/mol. The first kappa shape index (κ1) is 11.5. The number of benzene rings is 2. The number of para-hydroxylation sites is 1. The van der Waals surface area contributed by atoms with Crippen LogP contribution in [0, 0.1) is 0 Å². The molecular weight excluding hydrogens is 214 g/mol. The molecule has 2 N–H and O–H groups in total. The molecule has 0 aromatic heterocycles. The fourth-order valence-electron chi connectivity index (χ4n) is 1.79. The van der Waals surface area contributed by atoms with Crippen LogP contribution in [0.2, 0.25) is 0 Å². The molecule has 0 saturated heterocycles. The number of rotatable bonds is 3. The molecule has 2 aromatic rings. The third-order valence-electron chi connectivity index (χ3n) is 2.76. The second kappa shape index (κ2) is 4.89. The summed E-state index contributed by atoms with van der Waals surface area (Å²) in [6, 6.07) is 14.7. The van der Waals surface area contributed by atoms with Crippen molar-refractivity contribution in [3.8, 4) is 5.75 Å². The number of aliphatic hydroxyl groups excluding tert-OH is 1. The molecular formula is C14H15NO2. The minimum atomic E-state index is 0.0125. The van der Waals surface area contributed by atoms with Crippen LogP contribution in [0.3, 0.4) is 0 Å². The van der Waals surface area contributed by atoms with Crippen molar-refractivity contribution in [1.29, 1.82) is 0 Å². The Labute approximate surface area is 101 Å². The Balaban J connectivity index is 2.36. The van der Waals surface area contributed by atoms with Gasteiger partial charge in [-0.3, -0.25) is 0 Å². The van der Waals surface area contributed by atoms with Gasteiger partial charge >= 0.3 is 0 Å².